The lowest BCUT2D eigenvalue weighted by molar-refractivity contribution is -0.139. The molecule has 0 aromatic carbocycles. The van der Waals surface area contributed by atoms with Crippen molar-refractivity contribution < 1.29 is 9.59 Å². The van der Waals surface area contributed by atoms with Gasteiger partial charge in [-0.15, -0.1) is 0 Å². The summed E-state index contributed by atoms with van der Waals surface area (Å²) in [6, 6.07) is 4.10. The van der Waals surface area contributed by atoms with Crippen molar-refractivity contribution in [3.05, 3.63) is 41.7 Å². The maximum absolute atomic E-state index is 12.0. The van der Waals surface area contributed by atoms with E-state index in [2.05, 4.69) is 38.7 Å². The number of carbonyl (C=O) groups excluding carboxylic acids is 2. The molecule has 1 saturated heterocycles. The van der Waals surface area contributed by atoms with Gasteiger partial charge in [0.05, 0.1) is 0 Å². The summed E-state index contributed by atoms with van der Waals surface area (Å²) >= 11 is 0. The van der Waals surface area contributed by atoms with Gasteiger partial charge >= 0.3 is 11.8 Å². The second kappa shape index (κ2) is 11.0. The molecule has 3 rings (SSSR count). The van der Waals surface area contributed by atoms with E-state index in [1.165, 1.54) is 24.0 Å². The molecule has 1 aliphatic carbocycles. The van der Waals surface area contributed by atoms with Gasteiger partial charge in [0.15, 0.2) is 0 Å². The van der Waals surface area contributed by atoms with Crippen molar-refractivity contribution in [3.8, 4) is 0 Å². The summed E-state index contributed by atoms with van der Waals surface area (Å²) in [6.45, 7) is 4.11. The van der Waals surface area contributed by atoms with Crippen molar-refractivity contribution in [3.63, 3.8) is 0 Å². The Morgan fingerprint density at radius 3 is 2.54 bits per heavy atom. The minimum atomic E-state index is -0.508. The Balaban J connectivity index is 1.28. The molecule has 0 saturated carbocycles. The van der Waals surface area contributed by atoms with Crippen LogP contribution in [0.3, 0.4) is 0 Å². The van der Waals surface area contributed by atoms with Crippen molar-refractivity contribution in [2.75, 3.05) is 26.2 Å². The van der Waals surface area contributed by atoms with Gasteiger partial charge in [0.25, 0.3) is 0 Å². The van der Waals surface area contributed by atoms with Crippen molar-refractivity contribution in [2.45, 2.75) is 51.5 Å². The second-order valence-corrected chi connectivity index (χ2v) is 7.90. The summed E-state index contributed by atoms with van der Waals surface area (Å²) in [6.07, 6.45) is 13.6. The van der Waals surface area contributed by atoms with Gasteiger partial charge in [0, 0.05) is 32.0 Å². The first-order valence-corrected chi connectivity index (χ1v) is 10.6. The highest BCUT2D eigenvalue weighted by molar-refractivity contribution is 6.35. The zero-order chi connectivity index (χ0) is 19.6. The number of amides is 2. The van der Waals surface area contributed by atoms with E-state index in [0.717, 1.165) is 51.7 Å². The summed E-state index contributed by atoms with van der Waals surface area (Å²) in [5.74, 6) is -0.568. The number of pyridine rings is 1. The molecule has 28 heavy (non-hydrogen) atoms. The van der Waals surface area contributed by atoms with Crippen molar-refractivity contribution in [2.24, 2.45) is 5.92 Å². The SMILES string of the molecule is O=C(NCCC1=CCCCC1)C(=O)NCC1CCN(Cc2ccncc2)CC1. The minimum Gasteiger partial charge on any atom is -0.348 e. The molecular formula is C22H32N4O2. The van der Waals surface area contributed by atoms with E-state index in [1.54, 1.807) is 0 Å². The number of rotatable bonds is 7. The third-order valence-corrected chi connectivity index (χ3v) is 5.74. The summed E-state index contributed by atoms with van der Waals surface area (Å²) in [5, 5.41) is 5.56. The van der Waals surface area contributed by atoms with Gasteiger partial charge in [-0.2, -0.15) is 0 Å². The third-order valence-electron chi connectivity index (χ3n) is 5.74. The fourth-order valence-corrected chi connectivity index (χ4v) is 3.96. The molecule has 2 N–H and O–H groups in total. The van der Waals surface area contributed by atoms with Crippen LogP contribution in [-0.4, -0.2) is 47.9 Å². The Kier molecular flexibility index (Phi) is 8.03. The first-order chi connectivity index (χ1) is 13.7. The molecule has 1 aliphatic heterocycles. The lowest BCUT2D eigenvalue weighted by atomic mass is 9.96. The second-order valence-electron chi connectivity index (χ2n) is 7.90. The molecule has 6 nitrogen and oxygen atoms in total. The smallest absolute Gasteiger partial charge is 0.309 e. The first kappa shape index (κ1) is 20.5. The van der Waals surface area contributed by atoms with E-state index in [1.807, 2.05) is 12.4 Å². The number of carbonyl (C=O) groups is 2. The van der Waals surface area contributed by atoms with Crippen LogP contribution in [0.25, 0.3) is 0 Å². The zero-order valence-electron chi connectivity index (χ0n) is 16.7. The van der Waals surface area contributed by atoms with Crippen LogP contribution in [0.5, 0.6) is 0 Å². The van der Waals surface area contributed by atoms with Crippen LogP contribution >= 0.6 is 0 Å². The number of allylic oxidation sites excluding steroid dienone is 1. The highest BCUT2D eigenvalue weighted by Crippen LogP contribution is 2.19. The molecule has 2 aliphatic rings. The van der Waals surface area contributed by atoms with Gasteiger partial charge in [-0.1, -0.05) is 11.6 Å². The maximum atomic E-state index is 12.0. The van der Waals surface area contributed by atoms with E-state index in [4.69, 9.17) is 0 Å². The lowest BCUT2D eigenvalue weighted by Crippen LogP contribution is -2.44. The zero-order valence-corrected chi connectivity index (χ0v) is 16.7. The summed E-state index contributed by atoms with van der Waals surface area (Å²) in [5.41, 5.74) is 2.69. The van der Waals surface area contributed by atoms with Gasteiger partial charge < -0.3 is 10.6 Å². The van der Waals surface area contributed by atoms with E-state index < -0.39 is 11.8 Å². The van der Waals surface area contributed by atoms with Gasteiger partial charge in [0.2, 0.25) is 0 Å². The molecule has 0 atom stereocenters. The first-order valence-electron chi connectivity index (χ1n) is 10.6. The van der Waals surface area contributed by atoms with Crippen LogP contribution in [0.2, 0.25) is 0 Å². The third kappa shape index (κ3) is 6.75. The summed E-state index contributed by atoms with van der Waals surface area (Å²) < 4.78 is 0. The number of hydrogen-bond acceptors (Lipinski definition) is 4. The molecule has 0 unspecified atom stereocenters. The molecule has 1 fully saturated rings. The Bertz CT molecular complexity index is 666. The maximum Gasteiger partial charge on any atom is 0.309 e. The number of piperidine rings is 1. The minimum absolute atomic E-state index is 0.442. The molecule has 0 bridgehead atoms. The normalized spacial score (nSPS) is 18.4. The quantitative estimate of drug-likeness (QED) is 0.559. The Morgan fingerprint density at radius 2 is 1.82 bits per heavy atom. The molecular weight excluding hydrogens is 352 g/mol. The monoisotopic (exact) mass is 384 g/mol. The van der Waals surface area contributed by atoms with Gasteiger partial charge in [-0.05, 0) is 81.6 Å². The molecule has 2 amide bonds. The number of hydrogen-bond donors (Lipinski definition) is 2. The largest absolute Gasteiger partial charge is 0.348 e. The van der Waals surface area contributed by atoms with Crippen LogP contribution in [0.1, 0.15) is 50.5 Å². The molecule has 0 radical (unpaired) electrons. The molecule has 6 heteroatoms. The summed E-state index contributed by atoms with van der Waals surface area (Å²) in [4.78, 5) is 30.5. The molecule has 0 spiro atoms. The van der Waals surface area contributed by atoms with Crippen LogP contribution in [0.15, 0.2) is 36.2 Å². The van der Waals surface area contributed by atoms with E-state index in [-0.39, 0.29) is 0 Å². The number of nitrogens with one attached hydrogen (secondary N) is 2. The number of nitrogens with zero attached hydrogens (tertiary/aromatic N) is 2. The van der Waals surface area contributed by atoms with E-state index in [9.17, 15) is 9.59 Å². The fourth-order valence-electron chi connectivity index (χ4n) is 3.96. The average Bonchev–Trinajstić information content (AvgIpc) is 2.74. The Morgan fingerprint density at radius 1 is 1.07 bits per heavy atom. The number of likely N-dealkylation sites (tertiary alicyclic amines) is 1. The van der Waals surface area contributed by atoms with Gasteiger partial charge in [0.1, 0.15) is 0 Å². The number of aromatic nitrogens is 1. The predicted octanol–water partition coefficient (Wildman–Crippen LogP) is 2.42. The highest BCUT2D eigenvalue weighted by atomic mass is 16.2. The Hall–Kier alpha value is -2.21. The highest BCUT2D eigenvalue weighted by Gasteiger charge is 2.21. The Labute approximate surface area is 167 Å². The fraction of sp³-hybridized carbons (Fsp3) is 0.591. The predicted molar refractivity (Wildman–Crippen MR) is 109 cm³/mol. The topological polar surface area (TPSA) is 74.3 Å². The van der Waals surface area contributed by atoms with Crippen molar-refractivity contribution in [1.29, 1.82) is 0 Å². The van der Waals surface area contributed by atoms with Crippen molar-refractivity contribution in [1.82, 2.24) is 20.5 Å². The molecule has 1 aromatic rings. The summed E-state index contributed by atoms with van der Waals surface area (Å²) in [7, 11) is 0. The molecule has 1 aromatic heterocycles. The van der Waals surface area contributed by atoms with E-state index in [0.29, 0.717) is 19.0 Å². The van der Waals surface area contributed by atoms with Crippen LogP contribution in [0, 0.1) is 5.92 Å². The van der Waals surface area contributed by atoms with Crippen LogP contribution in [-0.2, 0) is 16.1 Å². The standard InChI is InChI=1S/C22H32N4O2/c27-21(24-13-8-18-4-2-1-3-5-18)22(28)25-16-19-9-14-26(15-10-19)17-20-6-11-23-12-7-20/h4,6-7,11-12,19H,1-3,5,8-10,13-17H2,(H,24,27)(H,25,28). The average molecular weight is 385 g/mol. The van der Waals surface area contributed by atoms with E-state index >= 15 is 0 Å². The molecule has 152 valence electrons. The van der Waals surface area contributed by atoms with Gasteiger partial charge in [-0.3, -0.25) is 19.5 Å². The van der Waals surface area contributed by atoms with Crippen LogP contribution < -0.4 is 10.6 Å². The molecule has 2 heterocycles. The lowest BCUT2D eigenvalue weighted by Gasteiger charge is -2.32. The van der Waals surface area contributed by atoms with Crippen LogP contribution in [0.4, 0.5) is 0 Å². The van der Waals surface area contributed by atoms with Crippen molar-refractivity contribution >= 4 is 11.8 Å². The van der Waals surface area contributed by atoms with Gasteiger partial charge in [-0.25, -0.2) is 0 Å².